The molecule has 4 aromatic rings. The van der Waals surface area contributed by atoms with Crippen LogP contribution in [0.3, 0.4) is 0 Å². The summed E-state index contributed by atoms with van der Waals surface area (Å²) in [4.78, 5) is 9.51. The van der Waals surface area contributed by atoms with Crippen LogP contribution in [-0.2, 0) is 13.0 Å². The van der Waals surface area contributed by atoms with Crippen LogP contribution in [0.2, 0.25) is 0 Å². The summed E-state index contributed by atoms with van der Waals surface area (Å²) in [5.74, 6) is 0.652. The number of nitrogens with zero attached hydrogens (tertiary/aromatic N) is 4. The highest BCUT2D eigenvalue weighted by molar-refractivity contribution is 5.76. The van der Waals surface area contributed by atoms with Gasteiger partial charge >= 0.3 is 0 Å². The van der Waals surface area contributed by atoms with Crippen LogP contribution in [0, 0.1) is 31.0 Å². The lowest BCUT2D eigenvalue weighted by Gasteiger charge is -2.10. The summed E-state index contributed by atoms with van der Waals surface area (Å²) in [6, 6.07) is 16.3. The largest absolute Gasteiger partial charge is 0.308 e. The Kier molecular flexibility index (Phi) is 4.85. The predicted molar refractivity (Wildman–Crippen MR) is 112 cm³/mol. The fraction of sp³-hybridized carbons (Fsp3) is 0.208. The Labute approximate surface area is 169 Å². The second-order valence-electron chi connectivity index (χ2n) is 7.22. The highest BCUT2D eigenvalue weighted by Gasteiger charge is 2.14. The van der Waals surface area contributed by atoms with E-state index in [1.54, 1.807) is 0 Å². The summed E-state index contributed by atoms with van der Waals surface area (Å²) in [5.41, 5.74) is 6.94. The second kappa shape index (κ2) is 7.48. The number of rotatable bonds is 4. The van der Waals surface area contributed by atoms with Crippen molar-refractivity contribution >= 4 is 11.2 Å². The van der Waals surface area contributed by atoms with Crippen molar-refractivity contribution in [2.45, 2.75) is 33.7 Å². The molecule has 0 spiro atoms. The molecule has 144 valence electrons. The fourth-order valence-electron chi connectivity index (χ4n) is 3.71. The summed E-state index contributed by atoms with van der Waals surface area (Å²) in [6.07, 6.45) is 0.821. The standard InChI is InChI=1S/C24H21FN4/c1-4-22-28-23-15(2)11-16(3)27-24(23)29(22)14-17-5-7-18(8-6-17)21-12-20(25)10-9-19(21)13-26/h5-12H,4,14H2,1-3H3. The Bertz CT molecular complexity index is 1250. The average molecular weight is 384 g/mol. The van der Waals surface area contributed by atoms with Crippen LogP contribution in [0.4, 0.5) is 4.39 Å². The first-order valence-corrected chi connectivity index (χ1v) is 9.62. The molecule has 0 aliphatic heterocycles. The third-order valence-electron chi connectivity index (χ3n) is 5.12. The van der Waals surface area contributed by atoms with Crippen LogP contribution in [0.15, 0.2) is 48.5 Å². The van der Waals surface area contributed by atoms with E-state index in [1.165, 1.54) is 18.2 Å². The van der Waals surface area contributed by atoms with Crippen molar-refractivity contribution in [3.63, 3.8) is 0 Å². The highest BCUT2D eigenvalue weighted by Crippen LogP contribution is 2.26. The SMILES string of the molecule is CCc1nc2c(C)cc(C)nc2n1Cc1ccc(-c2cc(F)ccc2C#N)cc1. The molecule has 4 rings (SSSR count). The van der Waals surface area contributed by atoms with Gasteiger partial charge in [-0.15, -0.1) is 0 Å². The van der Waals surface area contributed by atoms with E-state index < -0.39 is 0 Å². The Balaban J connectivity index is 1.72. The number of imidazole rings is 1. The Morgan fingerprint density at radius 1 is 1.03 bits per heavy atom. The minimum atomic E-state index is -0.350. The van der Waals surface area contributed by atoms with Crippen LogP contribution in [0.5, 0.6) is 0 Å². The van der Waals surface area contributed by atoms with Gasteiger partial charge in [-0.25, -0.2) is 14.4 Å². The smallest absolute Gasteiger partial charge is 0.160 e. The van der Waals surface area contributed by atoms with Gasteiger partial charge < -0.3 is 4.57 Å². The van der Waals surface area contributed by atoms with Crippen molar-refractivity contribution in [1.29, 1.82) is 5.26 Å². The van der Waals surface area contributed by atoms with Crippen LogP contribution >= 0.6 is 0 Å². The molecule has 0 amide bonds. The summed E-state index contributed by atoms with van der Waals surface area (Å²) >= 11 is 0. The lowest BCUT2D eigenvalue weighted by molar-refractivity contribution is 0.628. The molecule has 0 N–H and O–H groups in total. The molecule has 0 radical (unpaired) electrons. The predicted octanol–water partition coefficient (Wildman–Crippen LogP) is 5.34. The maximum atomic E-state index is 13.7. The van der Waals surface area contributed by atoms with Crippen LogP contribution in [0.25, 0.3) is 22.3 Å². The topological polar surface area (TPSA) is 54.5 Å². The highest BCUT2D eigenvalue weighted by atomic mass is 19.1. The van der Waals surface area contributed by atoms with Gasteiger partial charge in [-0.05, 0) is 54.8 Å². The molecule has 0 bridgehead atoms. The number of pyridine rings is 1. The molecule has 2 aromatic carbocycles. The van der Waals surface area contributed by atoms with E-state index in [-0.39, 0.29) is 5.82 Å². The van der Waals surface area contributed by atoms with E-state index in [2.05, 4.69) is 30.6 Å². The molecule has 0 aliphatic carbocycles. The summed E-state index contributed by atoms with van der Waals surface area (Å²) in [7, 11) is 0. The van der Waals surface area contributed by atoms with E-state index >= 15 is 0 Å². The van der Waals surface area contributed by atoms with Gasteiger partial charge in [0.25, 0.3) is 0 Å². The quantitative estimate of drug-likeness (QED) is 0.477. The fourth-order valence-corrected chi connectivity index (χ4v) is 3.71. The summed E-state index contributed by atoms with van der Waals surface area (Å²) < 4.78 is 15.8. The van der Waals surface area contributed by atoms with E-state index in [0.717, 1.165) is 45.8 Å². The van der Waals surface area contributed by atoms with Crippen molar-refractivity contribution in [2.75, 3.05) is 0 Å². The number of aromatic nitrogens is 3. The molecular formula is C24H21FN4. The zero-order chi connectivity index (χ0) is 20.5. The molecule has 0 unspecified atom stereocenters. The average Bonchev–Trinajstić information content (AvgIpc) is 3.06. The number of hydrogen-bond acceptors (Lipinski definition) is 3. The molecule has 2 aromatic heterocycles. The first-order valence-electron chi connectivity index (χ1n) is 9.62. The number of fused-ring (bicyclic) bond motifs is 1. The van der Waals surface area contributed by atoms with Crippen molar-refractivity contribution < 1.29 is 4.39 Å². The van der Waals surface area contributed by atoms with Gasteiger partial charge in [0.15, 0.2) is 5.65 Å². The van der Waals surface area contributed by atoms with Crippen LogP contribution < -0.4 is 0 Å². The van der Waals surface area contributed by atoms with Crippen molar-refractivity contribution in [3.05, 3.63) is 82.6 Å². The monoisotopic (exact) mass is 384 g/mol. The lowest BCUT2D eigenvalue weighted by Crippen LogP contribution is -2.05. The summed E-state index contributed by atoms with van der Waals surface area (Å²) in [5, 5.41) is 9.31. The van der Waals surface area contributed by atoms with Gasteiger partial charge in [-0.1, -0.05) is 31.2 Å². The van der Waals surface area contributed by atoms with E-state index in [0.29, 0.717) is 17.7 Å². The molecule has 0 saturated carbocycles. The molecular weight excluding hydrogens is 363 g/mol. The third-order valence-corrected chi connectivity index (χ3v) is 5.12. The van der Waals surface area contributed by atoms with Crippen molar-refractivity contribution in [3.8, 4) is 17.2 Å². The number of nitriles is 1. The third kappa shape index (κ3) is 3.50. The molecule has 2 heterocycles. The number of halogens is 1. The number of aryl methyl sites for hydroxylation is 3. The van der Waals surface area contributed by atoms with Gasteiger partial charge in [0.2, 0.25) is 0 Å². The van der Waals surface area contributed by atoms with Crippen molar-refractivity contribution in [1.82, 2.24) is 14.5 Å². The van der Waals surface area contributed by atoms with E-state index in [4.69, 9.17) is 9.97 Å². The Morgan fingerprint density at radius 3 is 2.48 bits per heavy atom. The molecule has 4 nitrogen and oxygen atoms in total. The summed E-state index contributed by atoms with van der Waals surface area (Å²) in [6.45, 7) is 6.81. The van der Waals surface area contributed by atoms with E-state index in [9.17, 15) is 9.65 Å². The Hall–Kier alpha value is -3.52. The number of hydrogen-bond donors (Lipinski definition) is 0. The maximum Gasteiger partial charge on any atom is 0.160 e. The minimum absolute atomic E-state index is 0.350. The minimum Gasteiger partial charge on any atom is -0.308 e. The van der Waals surface area contributed by atoms with Gasteiger partial charge in [0.05, 0.1) is 18.2 Å². The molecule has 0 fully saturated rings. The molecule has 0 aliphatic rings. The Morgan fingerprint density at radius 2 is 1.79 bits per heavy atom. The van der Waals surface area contributed by atoms with E-state index in [1.807, 2.05) is 31.2 Å². The zero-order valence-corrected chi connectivity index (χ0v) is 16.7. The van der Waals surface area contributed by atoms with Gasteiger partial charge in [0, 0.05) is 17.7 Å². The van der Waals surface area contributed by atoms with Crippen LogP contribution in [-0.4, -0.2) is 14.5 Å². The zero-order valence-electron chi connectivity index (χ0n) is 16.7. The molecule has 5 heteroatoms. The first kappa shape index (κ1) is 18.8. The first-order chi connectivity index (χ1) is 14.0. The lowest BCUT2D eigenvalue weighted by atomic mass is 9.99. The van der Waals surface area contributed by atoms with Crippen LogP contribution in [0.1, 0.15) is 35.1 Å². The second-order valence-corrected chi connectivity index (χ2v) is 7.22. The van der Waals surface area contributed by atoms with Gasteiger partial charge in [-0.3, -0.25) is 0 Å². The molecule has 29 heavy (non-hydrogen) atoms. The maximum absolute atomic E-state index is 13.7. The number of benzene rings is 2. The van der Waals surface area contributed by atoms with Crippen molar-refractivity contribution in [2.24, 2.45) is 0 Å². The molecule has 0 saturated heterocycles. The van der Waals surface area contributed by atoms with Gasteiger partial charge in [-0.2, -0.15) is 5.26 Å². The van der Waals surface area contributed by atoms with Gasteiger partial charge in [0.1, 0.15) is 17.2 Å². The molecule has 0 atom stereocenters. The normalized spacial score (nSPS) is 11.0.